The van der Waals surface area contributed by atoms with E-state index in [1.165, 1.54) is 6.07 Å². The van der Waals surface area contributed by atoms with Crippen LogP contribution in [0.3, 0.4) is 0 Å². The highest BCUT2D eigenvalue weighted by molar-refractivity contribution is 7.93. The number of hydrogen-bond donors (Lipinski definition) is 1. The van der Waals surface area contributed by atoms with Crippen molar-refractivity contribution < 1.29 is 12.6 Å². The summed E-state index contributed by atoms with van der Waals surface area (Å²) in [5, 5.41) is 0.331. The molecule has 0 fully saturated rings. The fourth-order valence-corrected chi connectivity index (χ4v) is 4.78. The Balaban J connectivity index is 2.69. The van der Waals surface area contributed by atoms with Crippen LogP contribution in [0.15, 0.2) is 23.1 Å². The van der Waals surface area contributed by atoms with Gasteiger partial charge in [0.2, 0.25) is 0 Å². The molecule has 7 heteroatoms. The minimum absolute atomic E-state index is 0.0740. The molecule has 4 nitrogen and oxygen atoms in total. The van der Waals surface area contributed by atoms with Crippen molar-refractivity contribution in [3.63, 3.8) is 0 Å². The van der Waals surface area contributed by atoms with Gasteiger partial charge in [0.1, 0.15) is 0 Å². The Bertz CT molecular complexity index is 543. The predicted octanol–water partition coefficient (Wildman–Crippen LogP) is 1.85. The molecule has 0 aromatic heterocycles. The maximum absolute atomic E-state index is 11.9. The van der Waals surface area contributed by atoms with Crippen LogP contribution in [-0.2, 0) is 20.6 Å². The van der Waals surface area contributed by atoms with Crippen LogP contribution in [0.25, 0.3) is 0 Å². The molecular weight excluding hydrogens is 294 g/mol. The first-order valence-electron chi connectivity index (χ1n) is 5.49. The first kappa shape index (κ1) is 15.5. The van der Waals surface area contributed by atoms with E-state index < -0.39 is 20.6 Å². The molecular formula is C11H16ClNO3S2. The van der Waals surface area contributed by atoms with E-state index in [-0.39, 0.29) is 17.3 Å². The Morgan fingerprint density at radius 1 is 1.33 bits per heavy atom. The number of hydrogen-bond acceptors (Lipinski definition) is 4. The second-order valence-corrected chi connectivity index (χ2v) is 8.17. The number of halogens is 1. The molecule has 1 aromatic carbocycles. The van der Waals surface area contributed by atoms with E-state index in [0.717, 1.165) is 0 Å². The molecule has 0 aliphatic carbocycles. The molecule has 0 amide bonds. The number of sulfone groups is 1. The van der Waals surface area contributed by atoms with Crippen molar-refractivity contribution in [1.29, 1.82) is 0 Å². The van der Waals surface area contributed by atoms with Crippen molar-refractivity contribution in [3.05, 3.63) is 23.2 Å². The number of nitrogens with two attached hydrogens (primary N) is 1. The molecule has 2 N–H and O–H groups in total. The lowest BCUT2D eigenvalue weighted by atomic mass is 10.3. The Morgan fingerprint density at radius 2 is 2.00 bits per heavy atom. The second-order valence-electron chi connectivity index (χ2n) is 3.88. The van der Waals surface area contributed by atoms with Crippen molar-refractivity contribution in [2.24, 2.45) is 0 Å². The molecule has 1 unspecified atom stereocenters. The highest BCUT2D eigenvalue weighted by atomic mass is 35.5. The van der Waals surface area contributed by atoms with E-state index >= 15 is 0 Å². The van der Waals surface area contributed by atoms with E-state index in [1.807, 2.05) is 0 Å². The minimum Gasteiger partial charge on any atom is -0.398 e. The summed E-state index contributed by atoms with van der Waals surface area (Å²) in [6.07, 6.45) is 0.572. The summed E-state index contributed by atoms with van der Waals surface area (Å²) in [7, 11) is -4.47. The van der Waals surface area contributed by atoms with Gasteiger partial charge < -0.3 is 5.73 Å². The van der Waals surface area contributed by atoms with Gasteiger partial charge in [-0.25, -0.2) is 8.42 Å². The molecule has 0 heterocycles. The second kappa shape index (κ2) is 6.54. The van der Waals surface area contributed by atoms with Crippen molar-refractivity contribution >= 4 is 37.9 Å². The summed E-state index contributed by atoms with van der Waals surface area (Å²) >= 11 is 5.82. The van der Waals surface area contributed by atoms with Crippen LogP contribution in [-0.4, -0.2) is 29.9 Å². The Hall–Kier alpha value is -0.590. The van der Waals surface area contributed by atoms with Gasteiger partial charge in [-0.05, 0) is 24.6 Å². The third-order valence-electron chi connectivity index (χ3n) is 2.33. The van der Waals surface area contributed by atoms with Gasteiger partial charge in [0.15, 0.2) is 9.84 Å². The Labute approximate surface area is 115 Å². The van der Waals surface area contributed by atoms with Crippen LogP contribution < -0.4 is 5.73 Å². The molecule has 102 valence electrons. The molecule has 1 aromatic rings. The van der Waals surface area contributed by atoms with E-state index in [0.29, 0.717) is 22.0 Å². The average molecular weight is 310 g/mol. The number of benzene rings is 1. The Kier molecular flexibility index (Phi) is 5.62. The quantitative estimate of drug-likeness (QED) is 0.814. The lowest BCUT2D eigenvalue weighted by Gasteiger charge is -2.05. The SMILES string of the molecule is CCCS(=O)(=O)CCS(=O)c1ccc(N)c(Cl)c1. The lowest BCUT2D eigenvalue weighted by Crippen LogP contribution is -2.16. The molecule has 18 heavy (non-hydrogen) atoms. The normalized spacial score (nSPS) is 13.4. The molecule has 1 rings (SSSR count). The number of anilines is 1. The van der Waals surface area contributed by atoms with Crippen LogP contribution >= 0.6 is 11.6 Å². The van der Waals surface area contributed by atoms with Crippen LogP contribution in [0.4, 0.5) is 5.69 Å². The van der Waals surface area contributed by atoms with Gasteiger partial charge in [-0.2, -0.15) is 0 Å². The topological polar surface area (TPSA) is 77.2 Å². The monoisotopic (exact) mass is 309 g/mol. The van der Waals surface area contributed by atoms with Crippen LogP contribution in [0.5, 0.6) is 0 Å². The van der Waals surface area contributed by atoms with Gasteiger partial charge in [0.25, 0.3) is 0 Å². The Morgan fingerprint density at radius 3 is 2.56 bits per heavy atom. The van der Waals surface area contributed by atoms with Gasteiger partial charge in [0.05, 0.1) is 27.3 Å². The van der Waals surface area contributed by atoms with Gasteiger partial charge in [-0.3, -0.25) is 4.21 Å². The van der Waals surface area contributed by atoms with Crippen LogP contribution in [0.1, 0.15) is 13.3 Å². The van der Waals surface area contributed by atoms with Gasteiger partial charge in [-0.15, -0.1) is 0 Å². The highest BCUT2D eigenvalue weighted by Crippen LogP contribution is 2.21. The third kappa shape index (κ3) is 4.59. The van der Waals surface area contributed by atoms with E-state index in [1.54, 1.807) is 19.1 Å². The summed E-state index contributed by atoms with van der Waals surface area (Å²) in [5.74, 6) is 0.144. The first-order chi connectivity index (χ1) is 8.35. The fraction of sp³-hybridized carbons (Fsp3) is 0.455. The first-order valence-corrected chi connectivity index (χ1v) is 9.01. The zero-order valence-electron chi connectivity index (χ0n) is 10.1. The fourth-order valence-electron chi connectivity index (χ4n) is 1.38. The maximum Gasteiger partial charge on any atom is 0.151 e. The summed E-state index contributed by atoms with van der Waals surface area (Å²) in [6.45, 7) is 1.80. The summed E-state index contributed by atoms with van der Waals surface area (Å²) in [5.41, 5.74) is 5.96. The molecule has 1 atom stereocenters. The lowest BCUT2D eigenvalue weighted by molar-refractivity contribution is 0.595. The molecule has 0 saturated carbocycles. The number of nitrogen functional groups attached to an aromatic ring is 1. The number of rotatable bonds is 6. The van der Waals surface area contributed by atoms with E-state index in [9.17, 15) is 12.6 Å². The van der Waals surface area contributed by atoms with Gasteiger partial charge in [0, 0.05) is 16.4 Å². The predicted molar refractivity (Wildman–Crippen MR) is 76.1 cm³/mol. The van der Waals surface area contributed by atoms with Crippen molar-refractivity contribution in [2.75, 3.05) is 23.0 Å². The van der Waals surface area contributed by atoms with Crippen molar-refractivity contribution in [3.8, 4) is 0 Å². The molecule has 0 saturated heterocycles. The minimum atomic E-state index is -3.10. The van der Waals surface area contributed by atoms with Crippen LogP contribution in [0, 0.1) is 0 Å². The molecule has 0 aliphatic heterocycles. The maximum atomic E-state index is 11.9. The third-order valence-corrected chi connectivity index (χ3v) is 6.13. The van der Waals surface area contributed by atoms with Crippen LogP contribution in [0.2, 0.25) is 5.02 Å². The largest absolute Gasteiger partial charge is 0.398 e. The molecule has 0 aliphatic rings. The molecule has 0 radical (unpaired) electrons. The summed E-state index contributed by atoms with van der Waals surface area (Å²) < 4.78 is 34.9. The summed E-state index contributed by atoms with van der Waals surface area (Å²) in [6, 6.07) is 4.68. The average Bonchev–Trinajstić information content (AvgIpc) is 2.30. The smallest absolute Gasteiger partial charge is 0.151 e. The van der Waals surface area contributed by atoms with Crippen molar-refractivity contribution in [2.45, 2.75) is 18.2 Å². The standard InChI is InChI=1S/C11H16ClNO3S2/c1-2-6-18(15,16)7-5-17(14)9-3-4-11(13)10(12)8-9/h3-4,8H,2,5-7,13H2,1H3. The van der Waals surface area contributed by atoms with Gasteiger partial charge >= 0.3 is 0 Å². The zero-order valence-corrected chi connectivity index (χ0v) is 12.4. The summed E-state index contributed by atoms with van der Waals surface area (Å²) in [4.78, 5) is 0.501. The van der Waals surface area contributed by atoms with Crippen molar-refractivity contribution in [1.82, 2.24) is 0 Å². The molecule has 0 spiro atoms. The van der Waals surface area contributed by atoms with E-state index in [2.05, 4.69) is 0 Å². The zero-order chi connectivity index (χ0) is 13.8. The highest BCUT2D eigenvalue weighted by Gasteiger charge is 2.13. The van der Waals surface area contributed by atoms with Gasteiger partial charge in [-0.1, -0.05) is 18.5 Å². The molecule has 0 bridgehead atoms. The van der Waals surface area contributed by atoms with E-state index in [4.69, 9.17) is 17.3 Å².